The number of alkyl carbamates (subject to hydrolysis) is 1. The van der Waals surface area contributed by atoms with E-state index in [-0.39, 0.29) is 18.9 Å². The van der Waals surface area contributed by atoms with Gasteiger partial charge < -0.3 is 20.5 Å². The minimum atomic E-state index is -1.22. The van der Waals surface area contributed by atoms with Crippen molar-refractivity contribution in [3.05, 3.63) is 95.6 Å². The number of ether oxygens (including phenoxy) is 1. The molecule has 3 aromatic rings. The minimum Gasteiger partial charge on any atom is -0.479 e. The quantitative estimate of drug-likeness (QED) is 0.468. The molecule has 3 N–H and O–H groups in total. The van der Waals surface area contributed by atoms with Gasteiger partial charge in [-0.3, -0.25) is 4.79 Å². The number of rotatable bonds is 8. The van der Waals surface area contributed by atoms with Gasteiger partial charge in [-0.15, -0.1) is 0 Å². The zero-order chi connectivity index (χ0) is 24.1. The van der Waals surface area contributed by atoms with Gasteiger partial charge in [0.25, 0.3) is 0 Å². The molecule has 0 radical (unpaired) electrons. The molecular formula is C27H26N2O5. The number of benzene rings is 3. The third kappa shape index (κ3) is 4.78. The van der Waals surface area contributed by atoms with E-state index in [1.165, 1.54) is 0 Å². The van der Waals surface area contributed by atoms with Crippen LogP contribution in [0.15, 0.2) is 78.9 Å². The maximum absolute atomic E-state index is 12.7. The van der Waals surface area contributed by atoms with Crippen molar-refractivity contribution in [2.75, 3.05) is 6.61 Å². The van der Waals surface area contributed by atoms with Crippen LogP contribution in [0.4, 0.5) is 4.79 Å². The molecule has 4 rings (SSSR count). The van der Waals surface area contributed by atoms with E-state index >= 15 is 0 Å². The number of carboxylic acids is 1. The van der Waals surface area contributed by atoms with Crippen molar-refractivity contribution in [2.45, 2.75) is 31.3 Å². The topological polar surface area (TPSA) is 105 Å². The summed E-state index contributed by atoms with van der Waals surface area (Å²) < 4.78 is 5.51. The summed E-state index contributed by atoms with van der Waals surface area (Å²) in [5, 5.41) is 14.6. The van der Waals surface area contributed by atoms with Crippen molar-refractivity contribution >= 4 is 18.0 Å². The molecular weight excluding hydrogens is 432 g/mol. The van der Waals surface area contributed by atoms with E-state index in [2.05, 4.69) is 22.8 Å². The Bertz CT molecular complexity index is 1150. The first-order valence-corrected chi connectivity index (χ1v) is 11.2. The van der Waals surface area contributed by atoms with Crippen molar-refractivity contribution in [3.8, 4) is 11.1 Å². The average molecular weight is 459 g/mol. The smallest absolute Gasteiger partial charge is 0.407 e. The largest absolute Gasteiger partial charge is 0.479 e. The van der Waals surface area contributed by atoms with Crippen molar-refractivity contribution in [1.29, 1.82) is 0 Å². The fourth-order valence-corrected chi connectivity index (χ4v) is 4.31. The van der Waals surface area contributed by atoms with Gasteiger partial charge in [0.2, 0.25) is 5.91 Å². The van der Waals surface area contributed by atoms with Gasteiger partial charge in [0, 0.05) is 5.92 Å². The number of fused-ring (bicyclic) bond motifs is 3. The number of carbonyl (C=O) groups excluding carboxylic acids is 2. The summed E-state index contributed by atoms with van der Waals surface area (Å²) in [6, 6.07) is 22.3. The third-order valence-electron chi connectivity index (χ3n) is 6.03. The monoisotopic (exact) mass is 458 g/mol. The minimum absolute atomic E-state index is 0.0958. The van der Waals surface area contributed by atoms with Gasteiger partial charge in [-0.05, 0) is 34.2 Å². The fraction of sp³-hybridized carbons (Fsp3) is 0.222. The molecule has 34 heavy (non-hydrogen) atoms. The van der Waals surface area contributed by atoms with E-state index in [4.69, 9.17) is 4.74 Å². The summed E-state index contributed by atoms with van der Waals surface area (Å²) in [5.41, 5.74) is 4.87. The fourth-order valence-electron chi connectivity index (χ4n) is 4.31. The van der Waals surface area contributed by atoms with Crippen LogP contribution in [0, 0.1) is 0 Å². The normalized spacial score (nSPS) is 13.8. The molecule has 0 saturated carbocycles. The summed E-state index contributed by atoms with van der Waals surface area (Å²) in [7, 11) is 0. The second kappa shape index (κ2) is 10.2. The molecule has 7 nitrogen and oxygen atoms in total. The second-order valence-corrected chi connectivity index (χ2v) is 8.12. The Morgan fingerprint density at radius 2 is 1.41 bits per heavy atom. The van der Waals surface area contributed by atoms with Crippen molar-refractivity contribution in [2.24, 2.45) is 0 Å². The molecule has 0 spiro atoms. The van der Waals surface area contributed by atoms with Gasteiger partial charge in [-0.2, -0.15) is 0 Å². The van der Waals surface area contributed by atoms with E-state index in [1.807, 2.05) is 36.4 Å². The second-order valence-electron chi connectivity index (χ2n) is 8.12. The van der Waals surface area contributed by atoms with Crippen LogP contribution in [0.25, 0.3) is 11.1 Å². The lowest BCUT2D eigenvalue weighted by atomic mass is 9.98. The SMILES string of the molecule is CC[C@H](NC(=O)OCC1c2ccccc2-c2ccccc21)C(=O)NC(C(=O)O)c1ccccc1. The molecule has 174 valence electrons. The summed E-state index contributed by atoms with van der Waals surface area (Å²) in [5.74, 6) is -1.87. The van der Waals surface area contributed by atoms with Crippen molar-refractivity contribution in [1.82, 2.24) is 10.6 Å². The lowest BCUT2D eigenvalue weighted by Gasteiger charge is -2.21. The Hall–Kier alpha value is -4.13. The Morgan fingerprint density at radius 3 is 1.97 bits per heavy atom. The molecule has 0 bridgehead atoms. The lowest BCUT2D eigenvalue weighted by molar-refractivity contribution is -0.142. The first-order chi connectivity index (χ1) is 16.5. The van der Waals surface area contributed by atoms with E-state index < -0.39 is 30.1 Å². The lowest BCUT2D eigenvalue weighted by Crippen LogP contribution is -2.48. The summed E-state index contributed by atoms with van der Waals surface area (Å²) in [6.07, 6.45) is -0.451. The van der Waals surface area contributed by atoms with Gasteiger partial charge in [-0.25, -0.2) is 9.59 Å². The molecule has 3 aromatic carbocycles. The van der Waals surface area contributed by atoms with Crippen LogP contribution in [0.1, 0.15) is 42.0 Å². The highest BCUT2D eigenvalue weighted by atomic mass is 16.5. The molecule has 0 fully saturated rings. The highest BCUT2D eigenvalue weighted by Crippen LogP contribution is 2.44. The van der Waals surface area contributed by atoms with Crippen LogP contribution < -0.4 is 10.6 Å². The van der Waals surface area contributed by atoms with Crippen LogP contribution in [-0.2, 0) is 14.3 Å². The summed E-state index contributed by atoms with van der Waals surface area (Å²) in [6.45, 7) is 1.85. The number of amides is 2. The Labute approximate surface area is 197 Å². The molecule has 2 atom stereocenters. The van der Waals surface area contributed by atoms with Gasteiger partial charge in [0.05, 0.1) is 0 Å². The Balaban J connectivity index is 1.39. The van der Waals surface area contributed by atoms with E-state index in [0.29, 0.717) is 5.56 Å². The highest BCUT2D eigenvalue weighted by Gasteiger charge is 2.30. The first-order valence-electron chi connectivity index (χ1n) is 11.2. The molecule has 2 amide bonds. The predicted molar refractivity (Wildman–Crippen MR) is 127 cm³/mol. The molecule has 7 heteroatoms. The zero-order valence-electron chi connectivity index (χ0n) is 18.7. The van der Waals surface area contributed by atoms with Crippen LogP contribution in [0.2, 0.25) is 0 Å². The number of aliphatic carboxylic acids is 1. The van der Waals surface area contributed by atoms with Gasteiger partial charge in [-0.1, -0.05) is 85.8 Å². The molecule has 1 aliphatic rings. The number of nitrogens with one attached hydrogen (secondary N) is 2. The van der Waals surface area contributed by atoms with Gasteiger partial charge >= 0.3 is 12.1 Å². The number of carbonyl (C=O) groups is 3. The van der Waals surface area contributed by atoms with Crippen LogP contribution in [0.3, 0.4) is 0 Å². The maximum Gasteiger partial charge on any atom is 0.407 e. The zero-order valence-corrected chi connectivity index (χ0v) is 18.7. The Morgan fingerprint density at radius 1 is 0.853 bits per heavy atom. The highest BCUT2D eigenvalue weighted by molar-refractivity contribution is 5.89. The van der Waals surface area contributed by atoms with E-state index in [0.717, 1.165) is 22.3 Å². The molecule has 1 aliphatic carbocycles. The number of hydrogen-bond acceptors (Lipinski definition) is 4. The molecule has 0 saturated heterocycles. The molecule has 0 aliphatic heterocycles. The third-order valence-corrected chi connectivity index (χ3v) is 6.03. The van der Waals surface area contributed by atoms with Gasteiger partial charge in [0.15, 0.2) is 6.04 Å². The predicted octanol–water partition coefficient (Wildman–Crippen LogP) is 4.25. The average Bonchev–Trinajstić information content (AvgIpc) is 3.18. The van der Waals surface area contributed by atoms with Gasteiger partial charge in [0.1, 0.15) is 12.6 Å². The number of carboxylic acid groups (broad SMARTS) is 1. The summed E-state index contributed by atoms with van der Waals surface area (Å²) in [4.78, 5) is 37.0. The van der Waals surface area contributed by atoms with Crippen molar-refractivity contribution in [3.63, 3.8) is 0 Å². The number of hydrogen-bond donors (Lipinski definition) is 3. The van der Waals surface area contributed by atoms with Crippen molar-refractivity contribution < 1.29 is 24.2 Å². The van der Waals surface area contributed by atoms with Crippen LogP contribution in [0.5, 0.6) is 0 Å². The molecule has 0 aromatic heterocycles. The van der Waals surface area contributed by atoms with Crippen LogP contribution in [-0.4, -0.2) is 35.7 Å². The molecule has 0 heterocycles. The Kier molecular flexibility index (Phi) is 6.92. The maximum atomic E-state index is 12.7. The molecule has 1 unspecified atom stereocenters. The van der Waals surface area contributed by atoms with E-state index in [1.54, 1.807) is 37.3 Å². The van der Waals surface area contributed by atoms with Crippen LogP contribution >= 0.6 is 0 Å². The standard InChI is InChI=1S/C27H26N2O5/c1-2-23(25(30)29-24(26(31)32)17-10-4-3-5-11-17)28-27(33)34-16-22-20-14-8-6-12-18(20)19-13-7-9-15-21(19)22/h3-15,22-24H,2,16H2,1H3,(H,28,33)(H,29,30)(H,31,32)/t23-,24?/m0/s1. The van der Waals surface area contributed by atoms with E-state index in [9.17, 15) is 19.5 Å². The summed E-state index contributed by atoms with van der Waals surface area (Å²) >= 11 is 0. The first kappa shape index (κ1) is 23.0.